The lowest BCUT2D eigenvalue weighted by molar-refractivity contribution is -0.115. The predicted octanol–water partition coefficient (Wildman–Crippen LogP) is 4.01. The molecule has 0 radical (unpaired) electrons. The average Bonchev–Trinajstić information content (AvgIpc) is 2.97. The van der Waals surface area contributed by atoms with Gasteiger partial charge in [0.25, 0.3) is 0 Å². The standard InChI is InChI=1S/C16H17BrN2OS/c1-3-18-15(13-6-9(2)16(17)21-13)10-4-5-12-11(7-10)8-14(20)19-12/h4-7,15,18H,3,8H2,1-2H3,(H,19,20). The first-order valence-electron chi connectivity index (χ1n) is 7.00. The van der Waals surface area contributed by atoms with E-state index < -0.39 is 0 Å². The van der Waals surface area contributed by atoms with Crippen LogP contribution < -0.4 is 10.6 Å². The van der Waals surface area contributed by atoms with Gasteiger partial charge < -0.3 is 10.6 Å². The lowest BCUT2D eigenvalue weighted by Gasteiger charge is -2.18. The van der Waals surface area contributed by atoms with Gasteiger partial charge in [0.2, 0.25) is 5.91 Å². The zero-order chi connectivity index (χ0) is 15.0. The van der Waals surface area contributed by atoms with Crippen molar-refractivity contribution in [2.75, 3.05) is 11.9 Å². The molecule has 1 amide bonds. The van der Waals surface area contributed by atoms with E-state index >= 15 is 0 Å². The van der Waals surface area contributed by atoms with Crippen molar-refractivity contribution in [2.24, 2.45) is 0 Å². The number of carbonyl (C=O) groups is 1. The summed E-state index contributed by atoms with van der Waals surface area (Å²) in [6.45, 7) is 5.12. The molecule has 3 rings (SSSR count). The molecule has 0 bridgehead atoms. The molecule has 21 heavy (non-hydrogen) atoms. The Balaban J connectivity index is 1.98. The van der Waals surface area contributed by atoms with Crippen LogP contribution in [0.1, 0.15) is 34.5 Å². The van der Waals surface area contributed by atoms with Crippen molar-refractivity contribution in [1.29, 1.82) is 0 Å². The van der Waals surface area contributed by atoms with Crippen molar-refractivity contribution in [1.82, 2.24) is 5.32 Å². The van der Waals surface area contributed by atoms with E-state index in [0.29, 0.717) is 6.42 Å². The third kappa shape index (κ3) is 2.91. The van der Waals surface area contributed by atoms with Gasteiger partial charge in [-0.2, -0.15) is 0 Å². The fourth-order valence-electron chi connectivity index (χ4n) is 2.64. The molecule has 0 saturated heterocycles. The molecule has 1 unspecified atom stereocenters. The van der Waals surface area contributed by atoms with Crippen LogP contribution in [0.3, 0.4) is 0 Å². The molecule has 1 aromatic carbocycles. The quantitative estimate of drug-likeness (QED) is 0.860. The molecule has 0 aliphatic carbocycles. The molecule has 2 heterocycles. The number of amides is 1. The molecule has 1 aliphatic heterocycles. The highest BCUT2D eigenvalue weighted by molar-refractivity contribution is 9.11. The second-order valence-corrected chi connectivity index (χ2v) is 7.64. The minimum absolute atomic E-state index is 0.0804. The zero-order valence-corrected chi connectivity index (χ0v) is 14.4. The summed E-state index contributed by atoms with van der Waals surface area (Å²) in [5.41, 5.74) is 4.51. The minimum Gasteiger partial charge on any atom is -0.326 e. The maximum absolute atomic E-state index is 11.5. The van der Waals surface area contributed by atoms with Crippen LogP contribution in [-0.2, 0) is 11.2 Å². The number of anilines is 1. The van der Waals surface area contributed by atoms with Crippen LogP contribution in [0.4, 0.5) is 5.69 Å². The third-order valence-electron chi connectivity index (χ3n) is 3.66. The fraction of sp³-hybridized carbons (Fsp3) is 0.312. The molecule has 0 fully saturated rings. The molecule has 1 aromatic heterocycles. The van der Waals surface area contributed by atoms with Crippen LogP contribution in [0.25, 0.3) is 0 Å². The Kier molecular flexibility index (Phi) is 4.15. The fourth-order valence-corrected chi connectivity index (χ4v) is 4.32. The second kappa shape index (κ2) is 5.91. The van der Waals surface area contributed by atoms with Crippen LogP contribution in [0, 0.1) is 6.92 Å². The van der Waals surface area contributed by atoms with Gasteiger partial charge in [0.05, 0.1) is 16.2 Å². The zero-order valence-electron chi connectivity index (χ0n) is 12.0. The lowest BCUT2D eigenvalue weighted by Crippen LogP contribution is -2.21. The molecule has 3 nitrogen and oxygen atoms in total. The molecular weight excluding hydrogens is 348 g/mol. The first kappa shape index (κ1) is 14.8. The van der Waals surface area contributed by atoms with Crippen molar-refractivity contribution < 1.29 is 4.79 Å². The maximum atomic E-state index is 11.5. The molecule has 0 saturated carbocycles. The molecule has 0 spiro atoms. The Hall–Kier alpha value is -1.17. The van der Waals surface area contributed by atoms with E-state index in [9.17, 15) is 4.79 Å². The number of nitrogens with one attached hydrogen (secondary N) is 2. The molecule has 1 aliphatic rings. The Morgan fingerprint density at radius 2 is 2.24 bits per heavy atom. The van der Waals surface area contributed by atoms with Gasteiger partial charge >= 0.3 is 0 Å². The Labute approximate surface area is 136 Å². The van der Waals surface area contributed by atoms with Gasteiger partial charge in [-0.05, 0) is 58.2 Å². The number of hydrogen-bond donors (Lipinski definition) is 2. The number of benzene rings is 1. The van der Waals surface area contributed by atoms with Crippen molar-refractivity contribution in [3.63, 3.8) is 0 Å². The summed E-state index contributed by atoms with van der Waals surface area (Å²) in [6.07, 6.45) is 0.481. The molecule has 2 N–H and O–H groups in total. The first-order valence-corrected chi connectivity index (χ1v) is 8.61. The van der Waals surface area contributed by atoms with Gasteiger partial charge in [0, 0.05) is 10.6 Å². The van der Waals surface area contributed by atoms with Crippen LogP contribution in [0.15, 0.2) is 28.1 Å². The van der Waals surface area contributed by atoms with E-state index in [2.05, 4.69) is 58.6 Å². The number of hydrogen-bond acceptors (Lipinski definition) is 3. The maximum Gasteiger partial charge on any atom is 0.228 e. The predicted molar refractivity (Wildman–Crippen MR) is 91.1 cm³/mol. The summed E-state index contributed by atoms with van der Waals surface area (Å²) in [7, 11) is 0. The van der Waals surface area contributed by atoms with Crippen LogP contribution in [0.2, 0.25) is 0 Å². The molecule has 2 aromatic rings. The number of aryl methyl sites for hydroxylation is 1. The summed E-state index contributed by atoms with van der Waals surface area (Å²) >= 11 is 5.36. The van der Waals surface area contributed by atoms with Gasteiger partial charge in [0.15, 0.2) is 0 Å². The van der Waals surface area contributed by atoms with Crippen molar-refractivity contribution in [3.05, 3.63) is 49.6 Å². The normalized spacial score (nSPS) is 14.9. The largest absolute Gasteiger partial charge is 0.326 e. The van der Waals surface area contributed by atoms with E-state index in [4.69, 9.17) is 0 Å². The van der Waals surface area contributed by atoms with Gasteiger partial charge in [-0.1, -0.05) is 19.1 Å². The highest BCUT2D eigenvalue weighted by Gasteiger charge is 2.21. The molecular formula is C16H17BrN2OS. The van der Waals surface area contributed by atoms with Gasteiger partial charge in [-0.15, -0.1) is 11.3 Å². The number of thiophene rings is 1. The van der Waals surface area contributed by atoms with Crippen molar-refractivity contribution >= 4 is 38.9 Å². The van der Waals surface area contributed by atoms with Crippen molar-refractivity contribution in [2.45, 2.75) is 26.3 Å². The topological polar surface area (TPSA) is 41.1 Å². The highest BCUT2D eigenvalue weighted by Crippen LogP contribution is 2.36. The third-order valence-corrected chi connectivity index (χ3v) is 5.86. The summed E-state index contributed by atoms with van der Waals surface area (Å²) in [4.78, 5) is 12.8. The number of fused-ring (bicyclic) bond motifs is 1. The summed E-state index contributed by atoms with van der Waals surface area (Å²) < 4.78 is 1.18. The second-order valence-electron chi connectivity index (χ2n) is 5.24. The average molecular weight is 365 g/mol. The molecule has 110 valence electrons. The molecule has 5 heteroatoms. The van der Waals surface area contributed by atoms with Gasteiger partial charge in [-0.25, -0.2) is 0 Å². The minimum atomic E-state index is 0.0804. The summed E-state index contributed by atoms with van der Waals surface area (Å²) in [6, 6.07) is 8.64. The van der Waals surface area contributed by atoms with Crippen LogP contribution in [-0.4, -0.2) is 12.5 Å². The van der Waals surface area contributed by atoms with E-state index in [0.717, 1.165) is 17.8 Å². The first-order chi connectivity index (χ1) is 10.1. The summed E-state index contributed by atoms with van der Waals surface area (Å²) in [5.74, 6) is 0.0804. The lowest BCUT2D eigenvalue weighted by atomic mass is 10.0. The smallest absolute Gasteiger partial charge is 0.228 e. The number of carbonyl (C=O) groups excluding carboxylic acids is 1. The van der Waals surface area contributed by atoms with Crippen molar-refractivity contribution in [3.8, 4) is 0 Å². The van der Waals surface area contributed by atoms with E-state index in [1.54, 1.807) is 11.3 Å². The number of halogens is 1. The monoisotopic (exact) mass is 364 g/mol. The highest BCUT2D eigenvalue weighted by atomic mass is 79.9. The van der Waals surface area contributed by atoms with Crippen LogP contribution >= 0.6 is 27.3 Å². The Bertz CT molecular complexity index is 676. The van der Waals surface area contributed by atoms with Crippen LogP contribution in [0.5, 0.6) is 0 Å². The van der Waals surface area contributed by atoms with E-state index in [1.807, 2.05) is 6.07 Å². The SMILES string of the molecule is CCNC(c1ccc2c(c1)CC(=O)N2)c1cc(C)c(Br)s1. The Morgan fingerprint density at radius 1 is 1.43 bits per heavy atom. The molecule has 1 atom stereocenters. The van der Waals surface area contributed by atoms with E-state index in [1.165, 1.54) is 19.8 Å². The summed E-state index contributed by atoms with van der Waals surface area (Å²) in [5, 5.41) is 6.43. The van der Waals surface area contributed by atoms with Gasteiger partial charge in [-0.3, -0.25) is 4.79 Å². The Morgan fingerprint density at radius 3 is 2.90 bits per heavy atom. The number of rotatable bonds is 4. The van der Waals surface area contributed by atoms with Gasteiger partial charge in [0.1, 0.15) is 0 Å². The van der Waals surface area contributed by atoms with E-state index in [-0.39, 0.29) is 11.9 Å².